The minimum atomic E-state index is -0.204. The molecule has 26 heavy (non-hydrogen) atoms. The maximum atomic E-state index is 12.5. The average Bonchev–Trinajstić information content (AvgIpc) is 3.02. The van der Waals surface area contributed by atoms with Gasteiger partial charge in [0.25, 0.3) is 11.5 Å². The zero-order valence-electron chi connectivity index (χ0n) is 15.6. The van der Waals surface area contributed by atoms with Crippen LogP contribution in [0.25, 0.3) is 22.1 Å². The maximum absolute atomic E-state index is 12.5. The van der Waals surface area contributed by atoms with Crippen LogP contribution in [0.2, 0.25) is 0 Å². The zero-order valence-corrected chi connectivity index (χ0v) is 15.6. The third kappa shape index (κ3) is 3.29. The van der Waals surface area contributed by atoms with Gasteiger partial charge in [0.1, 0.15) is 11.8 Å². The van der Waals surface area contributed by atoms with Crippen LogP contribution in [-0.4, -0.2) is 17.4 Å². The topological polar surface area (TPSA) is 75.1 Å². The van der Waals surface area contributed by atoms with E-state index in [1.807, 2.05) is 19.1 Å². The van der Waals surface area contributed by atoms with Crippen molar-refractivity contribution in [1.29, 1.82) is 0 Å². The fraction of sp³-hybridized carbons (Fsp3) is 0.333. The van der Waals surface area contributed by atoms with Gasteiger partial charge in [0.05, 0.1) is 5.56 Å². The first-order chi connectivity index (χ1) is 12.3. The van der Waals surface area contributed by atoms with E-state index in [1.54, 1.807) is 18.3 Å². The Morgan fingerprint density at radius 1 is 1.27 bits per heavy atom. The molecule has 5 nitrogen and oxygen atoms in total. The molecule has 2 aromatic heterocycles. The first-order valence-electron chi connectivity index (χ1n) is 8.85. The van der Waals surface area contributed by atoms with Crippen molar-refractivity contribution in [3.8, 4) is 11.1 Å². The number of hydrogen-bond acceptors (Lipinski definition) is 3. The van der Waals surface area contributed by atoms with Crippen LogP contribution in [0.5, 0.6) is 0 Å². The Balaban J connectivity index is 2.26. The van der Waals surface area contributed by atoms with E-state index in [0.717, 1.165) is 22.9 Å². The Labute approximate surface area is 152 Å². The molecule has 0 fully saturated rings. The molecule has 0 unspecified atom stereocenters. The quantitative estimate of drug-likeness (QED) is 0.738. The Morgan fingerprint density at radius 3 is 2.69 bits per heavy atom. The van der Waals surface area contributed by atoms with Crippen molar-refractivity contribution in [3.05, 3.63) is 58.2 Å². The number of aromatic amines is 1. The summed E-state index contributed by atoms with van der Waals surface area (Å²) in [6.07, 6.45) is 3.97. The highest BCUT2D eigenvalue weighted by Gasteiger charge is 2.24. The second-order valence-corrected chi connectivity index (χ2v) is 7.47. The number of nitrogens with one attached hydrogen (secondary N) is 2. The van der Waals surface area contributed by atoms with Gasteiger partial charge in [-0.1, -0.05) is 27.7 Å². The monoisotopic (exact) mass is 352 g/mol. The van der Waals surface area contributed by atoms with Gasteiger partial charge in [-0.2, -0.15) is 0 Å². The second-order valence-electron chi connectivity index (χ2n) is 7.47. The largest absolute Gasteiger partial charge is 0.463 e. The number of fused-ring (bicyclic) bond motifs is 1. The molecule has 2 heterocycles. The predicted octanol–water partition coefficient (Wildman–Crippen LogP) is 4.23. The Kier molecular flexibility index (Phi) is 4.72. The highest BCUT2D eigenvalue weighted by atomic mass is 16.3. The van der Waals surface area contributed by atoms with Crippen molar-refractivity contribution >= 4 is 16.9 Å². The molecule has 1 amide bonds. The molecule has 0 saturated heterocycles. The van der Waals surface area contributed by atoms with Crippen LogP contribution >= 0.6 is 0 Å². The molecular formula is C21H24N2O3. The molecule has 0 atom stereocenters. The van der Waals surface area contributed by atoms with Crippen LogP contribution in [0.15, 0.2) is 45.9 Å². The average molecular weight is 352 g/mol. The van der Waals surface area contributed by atoms with E-state index in [-0.39, 0.29) is 16.9 Å². The molecule has 5 heteroatoms. The van der Waals surface area contributed by atoms with Crippen molar-refractivity contribution in [2.75, 3.05) is 6.54 Å². The lowest BCUT2D eigenvalue weighted by Crippen LogP contribution is -2.23. The number of pyridine rings is 1. The number of rotatable bonds is 4. The van der Waals surface area contributed by atoms with Crippen molar-refractivity contribution < 1.29 is 9.21 Å². The number of amides is 1. The Morgan fingerprint density at radius 2 is 2.04 bits per heavy atom. The Hall–Kier alpha value is -2.82. The third-order valence-electron chi connectivity index (χ3n) is 4.39. The number of furan rings is 1. The molecule has 0 saturated carbocycles. The van der Waals surface area contributed by atoms with Gasteiger partial charge in [0, 0.05) is 29.3 Å². The zero-order chi connectivity index (χ0) is 18.9. The van der Waals surface area contributed by atoms with E-state index in [9.17, 15) is 9.59 Å². The van der Waals surface area contributed by atoms with Gasteiger partial charge in [-0.05, 0) is 41.7 Å². The number of hydrogen-bond donors (Lipinski definition) is 2. The summed E-state index contributed by atoms with van der Waals surface area (Å²) in [4.78, 5) is 27.5. The first kappa shape index (κ1) is 18.0. The number of carbonyl (C=O) groups is 1. The summed E-state index contributed by atoms with van der Waals surface area (Å²) >= 11 is 0. The maximum Gasteiger partial charge on any atom is 0.255 e. The molecule has 0 aliphatic carbocycles. The Bertz CT molecular complexity index is 1010. The summed E-state index contributed by atoms with van der Waals surface area (Å²) in [5, 5.41) is 3.62. The normalized spacial score (nSPS) is 11.7. The van der Waals surface area contributed by atoms with E-state index in [4.69, 9.17) is 4.42 Å². The lowest BCUT2D eigenvalue weighted by molar-refractivity contribution is 0.0954. The highest BCUT2D eigenvalue weighted by molar-refractivity contribution is 6.07. The van der Waals surface area contributed by atoms with Crippen LogP contribution in [0.1, 0.15) is 50.0 Å². The molecule has 0 radical (unpaired) electrons. The van der Waals surface area contributed by atoms with Gasteiger partial charge >= 0.3 is 0 Å². The molecule has 0 spiro atoms. The lowest BCUT2D eigenvalue weighted by Gasteiger charge is -2.20. The fourth-order valence-electron chi connectivity index (χ4n) is 3.01. The van der Waals surface area contributed by atoms with Crippen LogP contribution in [0.3, 0.4) is 0 Å². The van der Waals surface area contributed by atoms with Crippen molar-refractivity contribution in [1.82, 2.24) is 10.3 Å². The molecule has 1 aromatic carbocycles. The standard InChI is InChI=1S/C21H24N2O3/c1-5-8-22-20(25)16-12-26-18-15(16)10-13(11-17(18)21(2,3)4)14-7-6-9-23-19(14)24/h6-7,9-12H,5,8H2,1-4H3,(H,22,25)(H,23,24). The first-order valence-corrected chi connectivity index (χ1v) is 8.85. The van der Waals surface area contributed by atoms with Crippen LogP contribution < -0.4 is 10.9 Å². The summed E-state index contributed by atoms with van der Waals surface area (Å²) in [5.74, 6) is -0.162. The van der Waals surface area contributed by atoms with Gasteiger partial charge < -0.3 is 14.7 Å². The molecular weight excluding hydrogens is 328 g/mol. The van der Waals surface area contributed by atoms with Gasteiger partial charge in [0.15, 0.2) is 0 Å². The minimum absolute atomic E-state index is 0.160. The molecule has 0 aliphatic heterocycles. The smallest absolute Gasteiger partial charge is 0.255 e. The summed E-state index contributed by atoms with van der Waals surface area (Å²) in [6.45, 7) is 8.86. The predicted molar refractivity (Wildman–Crippen MR) is 104 cm³/mol. The summed E-state index contributed by atoms with van der Waals surface area (Å²) < 4.78 is 5.78. The number of H-pyrrole nitrogens is 1. The van der Waals surface area contributed by atoms with Gasteiger partial charge in [0.2, 0.25) is 0 Å². The molecule has 0 aliphatic rings. The van der Waals surface area contributed by atoms with Crippen LogP contribution in [-0.2, 0) is 5.41 Å². The summed E-state index contributed by atoms with van der Waals surface area (Å²) in [7, 11) is 0. The lowest BCUT2D eigenvalue weighted by atomic mass is 9.84. The summed E-state index contributed by atoms with van der Waals surface area (Å²) in [5.41, 5.74) is 3.12. The number of carbonyl (C=O) groups excluding carboxylic acids is 1. The SMILES string of the molecule is CCCNC(=O)c1coc2c(C(C)(C)C)cc(-c3ccc[nH]c3=O)cc12. The molecule has 0 bridgehead atoms. The fourth-order valence-corrected chi connectivity index (χ4v) is 3.01. The van der Waals surface area contributed by atoms with E-state index in [2.05, 4.69) is 31.1 Å². The van der Waals surface area contributed by atoms with Crippen LogP contribution in [0, 0.1) is 0 Å². The molecule has 3 aromatic rings. The van der Waals surface area contributed by atoms with Gasteiger partial charge in [-0.25, -0.2) is 0 Å². The van der Waals surface area contributed by atoms with E-state index in [0.29, 0.717) is 23.3 Å². The van der Waals surface area contributed by atoms with Crippen LogP contribution in [0.4, 0.5) is 0 Å². The second kappa shape index (κ2) is 6.83. The van der Waals surface area contributed by atoms with E-state index < -0.39 is 0 Å². The van der Waals surface area contributed by atoms with E-state index in [1.165, 1.54) is 6.26 Å². The van der Waals surface area contributed by atoms with E-state index >= 15 is 0 Å². The molecule has 3 rings (SSSR count). The van der Waals surface area contributed by atoms with Gasteiger partial charge in [-0.15, -0.1) is 0 Å². The van der Waals surface area contributed by atoms with Crippen molar-refractivity contribution in [2.24, 2.45) is 0 Å². The number of aromatic nitrogens is 1. The minimum Gasteiger partial charge on any atom is -0.463 e. The van der Waals surface area contributed by atoms with Crippen molar-refractivity contribution in [3.63, 3.8) is 0 Å². The molecule has 2 N–H and O–H groups in total. The number of benzene rings is 1. The highest BCUT2D eigenvalue weighted by Crippen LogP contribution is 2.36. The van der Waals surface area contributed by atoms with Gasteiger partial charge in [-0.3, -0.25) is 9.59 Å². The van der Waals surface area contributed by atoms with Crippen molar-refractivity contribution in [2.45, 2.75) is 39.5 Å². The third-order valence-corrected chi connectivity index (χ3v) is 4.39. The summed E-state index contributed by atoms with van der Waals surface area (Å²) in [6, 6.07) is 7.41. The molecule has 136 valence electrons.